The minimum Gasteiger partial charge on any atom is -0.394 e. The molecule has 1 aromatic heterocycles. The highest BCUT2D eigenvalue weighted by molar-refractivity contribution is 6.06. The number of carbonyl (C=O) groups excluding carboxylic acids is 2. The first kappa shape index (κ1) is 31.6. The van der Waals surface area contributed by atoms with Crippen LogP contribution in [0.2, 0.25) is 0 Å². The molecule has 5 rings (SSSR count). The van der Waals surface area contributed by atoms with Gasteiger partial charge in [0.25, 0.3) is 17.4 Å². The van der Waals surface area contributed by atoms with Gasteiger partial charge < -0.3 is 29.9 Å². The van der Waals surface area contributed by atoms with Gasteiger partial charge in [-0.1, -0.05) is 43.7 Å². The van der Waals surface area contributed by atoms with Crippen LogP contribution in [0.1, 0.15) is 51.6 Å². The van der Waals surface area contributed by atoms with Gasteiger partial charge >= 0.3 is 0 Å². The fourth-order valence-electron chi connectivity index (χ4n) is 5.41. The fourth-order valence-corrected chi connectivity index (χ4v) is 5.41. The molecule has 1 aliphatic rings. The molecule has 3 N–H and O–H groups in total. The Bertz CT molecular complexity index is 1730. The molecular formula is C35H39N5O5. The number of rotatable bonds is 10. The third-order valence-electron chi connectivity index (χ3n) is 8.01. The van der Waals surface area contributed by atoms with Crippen molar-refractivity contribution in [2.45, 2.75) is 39.2 Å². The number of unbranched alkanes of at least 4 members (excludes halogenated alkanes) is 1. The molecule has 0 bridgehead atoms. The summed E-state index contributed by atoms with van der Waals surface area (Å²) in [6, 6.07) is 20.1. The number of nitrogens with zero attached hydrogens (tertiary/aromatic N) is 3. The topological polar surface area (TPSA) is 126 Å². The van der Waals surface area contributed by atoms with Crippen molar-refractivity contribution in [3.63, 3.8) is 0 Å². The maximum Gasteiger partial charge on any atom is 0.293 e. The largest absolute Gasteiger partial charge is 0.394 e. The lowest BCUT2D eigenvalue weighted by Crippen LogP contribution is -2.46. The summed E-state index contributed by atoms with van der Waals surface area (Å²) in [5, 5.41) is 15.6. The first-order valence-electron chi connectivity index (χ1n) is 15.2. The Labute approximate surface area is 262 Å². The summed E-state index contributed by atoms with van der Waals surface area (Å²) in [6.07, 6.45) is 4.19. The van der Waals surface area contributed by atoms with Crippen molar-refractivity contribution in [2.24, 2.45) is 7.05 Å². The molecule has 10 nitrogen and oxygen atoms in total. The molecule has 1 saturated heterocycles. The monoisotopic (exact) mass is 609 g/mol. The van der Waals surface area contributed by atoms with Crippen LogP contribution in [0.5, 0.6) is 0 Å². The number of hydrogen-bond acceptors (Lipinski definition) is 7. The summed E-state index contributed by atoms with van der Waals surface area (Å²) in [7, 11) is 1.66. The summed E-state index contributed by atoms with van der Waals surface area (Å²) < 4.78 is 6.91. The minimum atomic E-state index is -0.383. The zero-order chi connectivity index (χ0) is 31.9. The predicted molar refractivity (Wildman–Crippen MR) is 175 cm³/mol. The lowest BCUT2D eigenvalue weighted by Gasteiger charge is -2.32. The molecule has 234 valence electrons. The zero-order valence-electron chi connectivity index (χ0n) is 25.9. The van der Waals surface area contributed by atoms with E-state index in [1.165, 1.54) is 4.57 Å². The summed E-state index contributed by atoms with van der Waals surface area (Å²) in [5.74, 6) is -0.181. The van der Waals surface area contributed by atoms with Gasteiger partial charge in [0.2, 0.25) is 0 Å². The predicted octanol–water partition coefficient (Wildman–Crippen LogP) is 4.93. The van der Waals surface area contributed by atoms with Gasteiger partial charge in [0, 0.05) is 54.4 Å². The van der Waals surface area contributed by atoms with Crippen LogP contribution in [0, 0.1) is 6.92 Å². The molecule has 0 spiro atoms. The number of anilines is 3. The molecule has 4 aromatic rings. The quantitative estimate of drug-likeness (QED) is 0.233. The number of carbonyl (C=O) groups is 2. The Morgan fingerprint density at radius 1 is 1.07 bits per heavy atom. The Kier molecular flexibility index (Phi) is 10.1. The summed E-state index contributed by atoms with van der Waals surface area (Å²) in [5.41, 5.74) is 5.30. The maximum atomic E-state index is 13.3. The van der Waals surface area contributed by atoms with E-state index >= 15 is 0 Å². The van der Waals surface area contributed by atoms with E-state index in [0.717, 1.165) is 36.0 Å². The first-order chi connectivity index (χ1) is 21.8. The normalized spacial score (nSPS) is 14.7. The van der Waals surface area contributed by atoms with Crippen molar-refractivity contribution in [3.8, 4) is 11.3 Å². The minimum absolute atomic E-state index is 0.131. The Balaban J connectivity index is 1.35. The van der Waals surface area contributed by atoms with Crippen molar-refractivity contribution in [2.75, 3.05) is 36.9 Å². The lowest BCUT2D eigenvalue weighted by molar-refractivity contribution is -0.0447. The number of aliphatic hydroxyl groups excluding tert-OH is 1. The van der Waals surface area contributed by atoms with Crippen LogP contribution < -0.4 is 16.2 Å². The smallest absolute Gasteiger partial charge is 0.293 e. The van der Waals surface area contributed by atoms with E-state index in [4.69, 9.17) is 4.74 Å². The number of nitrogens with one attached hydrogen (secondary N) is 2. The van der Waals surface area contributed by atoms with Crippen LogP contribution in [-0.2, 0) is 18.2 Å². The number of aromatic nitrogens is 2. The van der Waals surface area contributed by atoms with Gasteiger partial charge in [-0.25, -0.2) is 4.98 Å². The molecule has 0 radical (unpaired) electrons. The van der Waals surface area contributed by atoms with Crippen LogP contribution in [-0.4, -0.2) is 63.8 Å². The number of ether oxygens (including phenoxy) is 1. The fraction of sp³-hybridized carbons (Fsp3) is 0.314. The lowest BCUT2D eigenvalue weighted by atomic mass is 10.0. The second-order valence-electron chi connectivity index (χ2n) is 11.2. The number of aliphatic hydroxyl groups is 1. The molecular weight excluding hydrogens is 570 g/mol. The van der Waals surface area contributed by atoms with Crippen LogP contribution in [0.4, 0.5) is 17.2 Å². The van der Waals surface area contributed by atoms with E-state index in [1.807, 2.05) is 49.4 Å². The van der Waals surface area contributed by atoms with Gasteiger partial charge in [-0.15, -0.1) is 0 Å². The number of hydrogen-bond donors (Lipinski definition) is 3. The van der Waals surface area contributed by atoms with Gasteiger partial charge in [0.1, 0.15) is 0 Å². The van der Waals surface area contributed by atoms with Crippen LogP contribution in [0.15, 0.2) is 77.7 Å². The second kappa shape index (κ2) is 14.3. The average Bonchev–Trinajstić information content (AvgIpc) is 3.06. The standard InChI is InChI=1S/C35H39N5O5/c1-4-5-9-24-10-6-7-11-29(24)33(42)38-30-13-8-12-28(23(30)2)31-21-39(3)35(44)32(37-31)36-26-16-14-25(15-17-26)34(43)40-18-19-45-27(20-40)22-41/h6-8,10-17,21,27,41H,4-5,9,18-20,22H2,1-3H3,(H,36,37)(H,38,42). The highest BCUT2D eigenvalue weighted by atomic mass is 16.5. The Hall–Kier alpha value is -4.80. The summed E-state index contributed by atoms with van der Waals surface area (Å²) in [4.78, 5) is 45.7. The van der Waals surface area contributed by atoms with E-state index in [2.05, 4.69) is 22.5 Å². The van der Waals surface area contributed by atoms with Crippen molar-refractivity contribution in [3.05, 3.63) is 106 Å². The number of aryl methyl sites for hydroxylation is 2. The van der Waals surface area contributed by atoms with Gasteiger partial charge in [-0.2, -0.15) is 0 Å². The second-order valence-corrected chi connectivity index (χ2v) is 11.2. The van der Waals surface area contributed by atoms with E-state index in [9.17, 15) is 19.5 Å². The van der Waals surface area contributed by atoms with E-state index < -0.39 is 0 Å². The molecule has 1 fully saturated rings. The van der Waals surface area contributed by atoms with E-state index in [0.29, 0.717) is 47.9 Å². The zero-order valence-corrected chi connectivity index (χ0v) is 25.9. The van der Waals surface area contributed by atoms with Crippen molar-refractivity contribution in [1.82, 2.24) is 14.5 Å². The molecule has 2 amide bonds. The van der Waals surface area contributed by atoms with Gasteiger partial charge in [-0.05, 0) is 67.3 Å². The molecule has 10 heteroatoms. The Morgan fingerprint density at radius 3 is 2.60 bits per heavy atom. The van der Waals surface area contributed by atoms with Gasteiger partial charge in [-0.3, -0.25) is 14.4 Å². The van der Waals surface area contributed by atoms with Gasteiger partial charge in [0.05, 0.1) is 25.0 Å². The molecule has 2 heterocycles. The third-order valence-corrected chi connectivity index (χ3v) is 8.01. The number of benzene rings is 3. The highest BCUT2D eigenvalue weighted by Crippen LogP contribution is 2.29. The summed E-state index contributed by atoms with van der Waals surface area (Å²) >= 11 is 0. The molecule has 1 atom stereocenters. The molecule has 3 aromatic carbocycles. The van der Waals surface area contributed by atoms with Crippen molar-refractivity contribution < 1.29 is 19.4 Å². The first-order valence-corrected chi connectivity index (χ1v) is 15.2. The Morgan fingerprint density at radius 2 is 1.84 bits per heavy atom. The SMILES string of the molecule is CCCCc1ccccc1C(=O)Nc1cccc(-c2cn(C)c(=O)c(Nc3ccc(C(=O)N4CCOC(CO)C4)cc3)n2)c1C. The van der Waals surface area contributed by atoms with Crippen LogP contribution in [0.3, 0.4) is 0 Å². The molecule has 0 saturated carbocycles. The molecule has 1 aliphatic heterocycles. The molecule has 1 unspecified atom stereocenters. The maximum absolute atomic E-state index is 13.3. The van der Waals surface area contributed by atoms with Crippen LogP contribution in [0.25, 0.3) is 11.3 Å². The van der Waals surface area contributed by atoms with Crippen LogP contribution >= 0.6 is 0 Å². The third kappa shape index (κ3) is 7.30. The van der Waals surface area contributed by atoms with E-state index in [-0.39, 0.29) is 35.9 Å². The highest BCUT2D eigenvalue weighted by Gasteiger charge is 2.24. The number of morpholine rings is 1. The van der Waals surface area contributed by atoms with Crippen molar-refractivity contribution in [1.29, 1.82) is 0 Å². The summed E-state index contributed by atoms with van der Waals surface area (Å²) in [6.45, 7) is 5.08. The van der Waals surface area contributed by atoms with Gasteiger partial charge in [0.15, 0.2) is 5.82 Å². The number of amides is 2. The van der Waals surface area contributed by atoms with Crippen molar-refractivity contribution >= 4 is 29.0 Å². The molecule has 45 heavy (non-hydrogen) atoms. The molecule has 0 aliphatic carbocycles. The average molecular weight is 610 g/mol. The van der Waals surface area contributed by atoms with E-state index in [1.54, 1.807) is 42.4 Å².